The van der Waals surface area contributed by atoms with Crippen LogP contribution in [0.1, 0.15) is 170 Å². The normalized spacial score (nSPS) is 10.2. The van der Waals surface area contributed by atoms with Crippen molar-refractivity contribution >= 4 is 77.6 Å². The van der Waals surface area contributed by atoms with Gasteiger partial charge in [-0.05, 0) is 239 Å². The zero-order valence-electron chi connectivity index (χ0n) is 95.1. The summed E-state index contributed by atoms with van der Waals surface area (Å²) < 4.78 is 61.3. The third-order valence-corrected chi connectivity index (χ3v) is 17.0. The van der Waals surface area contributed by atoms with Crippen LogP contribution in [0.2, 0.25) is 0 Å². The van der Waals surface area contributed by atoms with Crippen molar-refractivity contribution in [3.8, 4) is 0 Å². The summed E-state index contributed by atoms with van der Waals surface area (Å²) >= 11 is 0. The fraction of sp³-hybridized carbons (Fsp3) is 0.772. The van der Waals surface area contributed by atoms with Crippen LogP contribution in [0.5, 0.6) is 0 Å². The van der Waals surface area contributed by atoms with Crippen LogP contribution in [0, 0.1) is 5.92 Å². The molecular weight excluding hydrogens is 1810 g/mol. The van der Waals surface area contributed by atoms with Gasteiger partial charge in [-0.3, -0.25) is 48.2 Å². The van der Waals surface area contributed by atoms with E-state index in [1.54, 1.807) is 25.7 Å². The molecule has 0 bridgehead atoms. The van der Waals surface area contributed by atoms with Gasteiger partial charge in [-0.15, -0.1) is 0 Å². The second kappa shape index (κ2) is 121. The Hall–Kier alpha value is -8.71. The third kappa shape index (κ3) is 152. The van der Waals surface area contributed by atoms with Gasteiger partial charge < -0.3 is 115 Å². The molecule has 0 aromatic heterocycles. The van der Waals surface area contributed by atoms with Crippen molar-refractivity contribution in [3.63, 3.8) is 0 Å². The predicted octanol–water partition coefficient (Wildman–Crippen LogP) is 9.15. The molecule has 0 rings (SSSR count). The fourth-order valence-electron chi connectivity index (χ4n) is 9.04. The number of hydrogen-bond donors (Lipinski definition) is 0. The highest BCUT2D eigenvalue weighted by molar-refractivity contribution is 5.87. The van der Waals surface area contributed by atoms with Gasteiger partial charge in [-0.2, -0.15) is 0 Å². The molecule has 39 nitrogen and oxygen atoms in total. The number of likely N-dealkylation sites (N-methyl/N-ethyl adjacent to an activating group) is 7. The molecule has 39 heteroatoms. The first-order valence-electron chi connectivity index (χ1n) is 48.4. The molecule has 0 spiro atoms. The average molecular weight is 2020 g/mol. The molecule has 830 valence electrons. The Morgan fingerprint density at radius 3 is 0.821 bits per heavy atom. The minimum atomic E-state index is -0.359. The zero-order chi connectivity index (χ0) is 111. The van der Waals surface area contributed by atoms with E-state index in [1.165, 1.54) is 40.4 Å². The van der Waals surface area contributed by atoms with Gasteiger partial charge in [-0.1, -0.05) is 109 Å². The van der Waals surface area contributed by atoms with Crippen LogP contribution in [0.3, 0.4) is 0 Å². The monoisotopic (exact) mass is 2020 g/mol. The van der Waals surface area contributed by atoms with Crippen LogP contribution < -0.4 is 0 Å². The number of methoxy groups -OCH3 is 3. The van der Waals surface area contributed by atoms with Crippen molar-refractivity contribution in [1.29, 1.82) is 0 Å². The number of ether oxygens (including phenoxy) is 13. The topological polar surface area (TPSA) is 384 Å². The van der Waals surface area contributed by atoms with E-state index in [0.717, 1.165) is 163 Å². The number of carbonyl (C=O) groups is 13. The predicted molar refractivity (Wildman–Crippen MR) is 563 cm³/mol. The molecule has 0 saturated carbocycles. The van der Waals surface area contributed by atoms with Crippen molar-refractivity contribution < 1.29 is 124 Å². The summed E-state index contributed by atoms with van der Waals surface area (Å²) in [5, 5.41) is 0. The van der Waals surface area contributed by atoms with Crippen molar-refractivity contribution in [1.82, 2.24) is 63.7 Å². The maximum atomic E-state index is 11.1. The molecule has 140 heavy (non-hydrogen) atoms. The number of hydrogen-bond acceptors (Lipinski definition) is 39. The molecule has 0 heterocycles. The maximum Gasteiger partial charge on any atom is 0.333 e. The zero-order valence-corrected chi connectivity index (χ0v) is 95.1. The van der Waals surface area contributed by atoms with Gasteiger partial charge in [0.05, 0.1) is 99.1 Å². The van der Waals surface area contributed by atoms with E-state index in [1.807, 2.05) is 194 Å². The summed E-state index contributed by atoms with van der Waals surface area (Å²) in [4.78, 5) is 165. The molecule has 0 radical (unpaired) electrons. The van der Waals surface area contributed by atoms with E-state index < -0.39 is 0 Å². The van der Waals surface area contributed by atoms with Crippen molar-refractivity contribution in [2.45, 2.75) is 170 Å². The fourth-order valence-corrected chi connectivity index (χ4v) is 9.04. The van der Waals surface area contributed by atoms with Crippen LogP contribution in [0.15, 0.2) is 62.3 Å². The summed E-state index contributed by atoms with van der Waals surface area (Å²) in [6.07, 6.45) is 8.67. The summed E-state index contributed by atoms with van der Waals surface area (Å²) in [6.45, 7) is 75.6. The van der Waals surface area contributed by atoms with Gasteiger partial charge in [0, 0.05) is 108 Å². The van der Waals surface area contributed by atoms with Crippen LogP contribution in [-0.4, -0.2) is 492 Å². The van der Waals surface area contributed by atoms with Crippen LogP contribution in [0.4, 0.5) is 0 Å². The van der Waals surface area contributed by atoms with Crippen molar-refractivity contribution in [2.75, 3.05) is 351 Å². The SMILES string of the molecule is C=C(C)C(=O)OCCN(C)C.C=C(C)C(=O)OCCN(CC)CC.C=CC(=O)OCCCN(C)C.C=CC(=O)OCCN(C)C.C=CC(=O)OCCN(CC)CC.CC(=O)OCCN(C)C.CCCN(CCC)CCC(=O)OCC.CCN(CC)CC(=O)OC.CCOC(=O)CCN(C)C.CCOC(=O)CCN(CC)CC.CCOC(=O)CN(C)C.COC(=O)C(C)CN(C)C.COC(=O)CCN(C)C. The molecule has 0 aliphatic carbocycles. The van der Waals surface area contributed by atoms with Crippen LogP contribution >= 0.6 is 0 Å². The highest BCUT2D eigenvalue weighted by atomic mass is 16.6. The lowest BCUT2D eigenvalue weighted by Gasteiger charge is -2.19. The number of rotatable bonds is 59. The molecule has 0 N–H and O–H groups in total. The summed E-state index contributed by atoms with van der Waals surface area (Å²) in [6, 6.07) is 0. The first-order valence-corrected chi connectivity index (χ1v) is 48.4. The van der Waals surface area contributed by atoms with E-state index >= 15 is 0 Å². The minimum absolute atomic E-state index is 0.0278. The van der Waals surface area contributed by atoms with Crippen molar-refractivity contribution in [3.05, 3.63) is 62.3 Å². The first kappa shape index (κ1) is 159. The third-order valence-electron chi connectivity index (χ3n) is 17.0. The summed E-state index contributed by atoms with van der Waals surface area (Å²) in [7, 11) is 35.0. The highest BCUT2D eigenvalue weighted by Gasteiger charge is 2.15. The van der Waals surface area contributed by atoms with E-state index in [0.29, 0.717) is 116 Å². The van der Waals surface area contributed by atoms with Crippen LogP contribution in [0.25, 0.3) is 0 Å². The standard InChI is InChI=1S/C11H23NO2.C10H19NO2.C9H19NO2.C9H17NO2.2C8H15NO2.2C7H15NO2.C7H13NO2.C7H15NO2.3C6H13NO2/c1-4-8-12(9-5-2)10-7-11(13)14-6-3;1-5-11(6-2)7-8-13-10(12)9(3)4;1-4-10(5-2)8-7-9(11)12-6-3;1-4-9(11)12-8-7-10(5-2)6-3;1-7(2)8(10)11-6-5-9(3)4;1-4-8(10)11-7-5-6-9(2)3;1-6(5-8(2)3)7(9)10-4;1-4-10-7(9)5-6-8(2)3;1-4-7(9)10-6-5-8(2)3;1-4-8(5-2)6-7(9)10-3;1-7(2)5-4-6(8)9-3;1-6(8)9-5-4-7(2)3;1-4-9-6(8)5-7(2)3/h4-10H2,1-3H3;3,5-8H2,1-2,4H3;4-8H2,1-3H3;4H,1,5-8H2,2-3H3;1,5-6H2,2-4H3;4H,1,5-7H2,2-3H3;6H,5H2,1-4H3;4-6H2,1-3H3;4H,1,5-6H2,2-3H3;4-6H2,1-3H3;3*4-5H2,1-3H3. The Labute approximate surface area is 849 Å². The number of nitrogens with zero attached hydrogens (tertiary/aromatic N) is 13. The number of esters is 13. The van der Waals surface area contributed by atoms with E-state index in [2.05, 4.69) is 132 Å². The molecular formula is C101H205N13O26. The molecule has 0 aliphatic rings. The van der Waals surface area contributed by atoms with Crippen LogP contribution in [-0.2, 0) is 124 Å². The van der Waals surface area contributed by atoms with Gasteiger partial charge in [0.1, 0.15) is 33.0 Å². The second-order valence-corrected chi connectivity index (χ2v) is 32.1. The Kier molecular flexibility index (Phi) is 137. The minimum Gasteiger partial charge on any atom is -0.469 e. The van der Waals surface area contributed by atoms with Gasteiger partial charge in [0.15, 0.2) is 0 Å². The molecule has 0 aromatic carbocycles. The van der Waals surface area contributed by atoms with E-state index in [9.17, 15) is 62.3 Å². The lowest BCUT2D eigenvalue weighted by Crippen LogP contribution is -2.29. The van der Waals surface area contributed by atoms with Gasteiger partial charge in [0.2, 0.25) is 0 Å². The second-order valence-electron chi connectivity index (χ2n) is 32.1. The Morgan fingerprint density at radius 1 is 0.271 bits per heavy atom. The Balaban J connectivity index is -0.000000114. The average Bonchev–Trinajstić information content (AvgIpc) is 0.954. The Bertz CT molecular complexity index is 3000. The number of carbonyl (C=O) groups excluding carboxylic acids is 13. The largest absolute Gasteiger partial charge is 0.469 e. The smallest absolute Gasteiger partial charge is 0.333 e. The molecule has 1 atom stereocenters. The Morgan fingerprint density at radius 2 is 0.550 bits per heavy atom. The molecule has 0 aromatic rings. The van der Waals surface area contributed by atoms with Gasteiger partial charge in [0.25, 0.3) is 0 Å². The highest BCUT2D eigenvalue weighted by Crippen LogP contribution is 2.02. The lowest BCUT2D eigenvalue weighted by molar-refractivity contribution is -0.145. The molecule has 0 saturated heterocycles. The molecule has 0 aliphatic heterocycles. The molecule has 1 unspecified atom stereocenters. The molecule has 0 fully saturated rings. The van der Waals surface area contributed by atoms with E-state index in [4.69, 9.17) is 37.9 Å². The maximum absolute atomic E-state index is 11.1. The summed E-state index contributed by atoms with van der Waals surface area (Å²) in [5.41, 5.74) is 0.906. The lowest BCUT2D eigenvalue weighted by atomic mass is 10.2. The van der Waals surface area contributed by atoms with Gasteiger partial charge in [-0.25, -0.2) is 24.0 Å². The van der Waals surface area contributed by atoms with E-state index in [-0.39, 0.29) is 83.5 Å². The molecule has 0 amide bonds. The van der Waals surface area contributed by atoms with Gasteiger partial charge >= 0.3 is 77.6 Å². The summed E-state index contributed by atoms with van der Waals surface area (Å²) in [5.74, 6) is -2.81. The first-order chi connectivity index (χ1) is 65.6. The van der Waals surface area contributed by atoms with Crippen molar-refractivity contribution in [2.24, 2.45) is 5.92 Å². The quantitative estimate of drug-likeness (QED) is 0.0237.